The molecule has 0 saturated carbocycles. The van der Waals surface area contributed by atoms with Crippen LogP contribution in [-0.4, -0.2) is 60.8 Å². The topological polar surface area (TPSA) is 54.9 Å². The van der Waals surface area contributed by atoms with E-state index in [1.54, 1.807) is 43.0 Å². The van der Waals surface area contributed by atoms with Crippen molar-refractivity contribution in [2.24, 2.45) is 0 Å². The summed E-state index contributed by atoms with van der Waals surface area (Å²) in [6.45, 7) is 10.3. The highest BCUT2D eigenvalue weighted by Crippen LogP contribution is 2.35. The number of nitrogens with zero attached hydrogens (tertiary/aromatic N) is 3. The van der Waals surface area contributed by atoms with Gasteiger partial charge < -0.3 is 9.47 Å². The van der Waals surface area contributed by atoms with Crippen LogP contribution >= 0.6 is 34.5 Å². The van der Waals surface area contributed by atoms with Crippen LogP contribution in [0.25, 0.3) is 10.2 Å². The zero-order chi connectivity index (χ0) is 24.3. The largest absolute Gasteiger partial charge is 0.478 e. The molecule has 182 valence electrons. The third-order valence-corrected chi connectivity index (χ3v) is 7.58. The Morgan fingerprint density at radius 3 is 2.59 bits per heavy atom. The third kappa shape index (κ3) is 5.83. The van der Waals surface area contributed by atoms with Gasteiger partial charge in [-0.1, -0.05) is 34.5 Å². The van der Waals surface area contributed by atoms with E-state index in [9.17, 15) is 4.79 Å². The molecule has 1 amide bonds. The summed E-state index contributed by atoms with van der Waals surface area (Å²) in [6, 6.07) is 10.9. The molecule has 34 heavy (non-hydrogen) atoms. The van der Waals surface area contributed by atoms with Gasteiger partial charge in [-0.15, -0.1) is 0 Å². The Hall–Kier alpha value is -1.90. The Morgan fingerprint density at radius 1 is 1.18 bits per heavy atom. The Kier molecular flexibility index (Phi) is 8.00. The molecule has 0 spiro atoms. The zero-order valence-electron chi connectivity index (χ0n) is 19.6. The van der Waals surface area contributed by atoms with Gasteiger partial charge in [0.15, 0.2) is 10.7 Å². The van der Waals surface area contributed by atoms with E-state index in [-0.39, 0.29) is 5.91 Å². The van der Waals surface area contributed by atoms with Crippen LogP contribution in [0.2, 0.25) is 10.0 Å². The maximum Gasteiger partial charge on any atom is 0.272 e. The van der Waals surface area contributed by atoms with Crippen molar-refractivity contribution < 1.29 is 14.3 Å². The summed E-state index contributed by atoms with van der Waals surface area (Å²) in [4.78, 5) is 22.8. The van der Waals surface area contributed by atoms with Crippen molar-refractivity contribution in [2.75, 3.05) is 44.3 Å². The van der Waals surface area contributed by atoms with Crippen molar-refractivity contribution >= 4 is 55.8 Å². The van der Waals surface area contributed by atoms with Gasteiger partial charge in [-0.3, -0.25) is 14.6 Å². The number of morpholine rings is 1. The van der Waals surface area contributed by atoms with Crippen LogP contribution in [0.4, 0.5) is 5.13 Å². The number of amides is 1. The highest BCUT2D eigenvalue weighted by molar-refractivity contribution is 7.22. The highest BCUT2D eigenvalue weighted by atomic mass is 35.5. The van der Waals surface area contributed by atoms with E-state index in [0.717, 1.165) is 55.0 Å². The second kappa shape index (κ2) is 10.8. The minimum absolute atomic E-state index is 0.146. The number of aromatic nitrogens is 1. The second-order valence-corrected chi connectivity index (χ2v) is 10.7. The molecule has 6 nitrogen and oxygen atoms in total. The molecule has 0 atom stereocenters. The number of hydrogen-bond acceptors (Lipinski definition) is 6. The molecule has 1 aliphatic rings. The molecule has 3 aromatic rings. The van der Waals surface area contributed by atoms with Gasteiger partial charge in [-0.25, -0.2) is 4.98 Å². The predicted molar refractivity (Wildman–Crippen MR) is 140 cm³/mol. The zero-order valence-corrected chi connectivity index (χ0v) is 22.0. The number of carbonyl (C=O) groups is 1. The van der Waals surface area contributed by atoms with Crippen LogP contribution in [0.5, 0.6) is 5.75 Å². The number of benzene rings is 2. The number of carbonyl (C=O) groups excluding carboxylic acids is 1. The molecular weight excluding hydrogens is 493 g/mol. The quantitative estimate of drug-likeness (QED) is 0.373. The number of hydrogen-bond donors (Lipinski definition) is 0. The van der Waals surface area contributed by atoms with Crippen LogP contribution in [0.3, 0.4) is 0 Å². The smallest absolute Gasteiger partial charge is 0.272 e. The predicted octanol–water partition coefficient (Wildman–Crippen LogP) is 5.82. The maximum absolute atomic E-state index is 13.8. The first-order valence-corrected chi connectivity index (χ1v) is 12.9. The second-order valence-electron chi connectivity index (χ2n) is 8.85. The average molecular weight is 522 g/mol. The van der Waals surface area contributed by atoms with Gasteiger partial charge in [0.1, 0.15) is 5.75 Å². The molecule has 1 fully saturated rings. The Bertz CT molecular complexity index is 1140. The Morgan fingerprint density at radius 2 is 1.88 bits per heavy atom. The van der Waals surface area contributed by atoms with E-state index < -0.39 is 5.60 Å². The first-order valence-electron chi connectivity index (χ1n) is 11.4. The number of ether oxygens (including phenoxy) is 2. The lowest BCUT2D eigenvalue weighted by atomic mass is 10.1. The summed E-state index contributed by atoms with van der Waals surface area (Å²) < 4.78 is 12.6. The third-order valence-electron chi connectivity index (χ3n) is 5.87. The standard InChI is InChI=1S/C25H29Cl2N3O3S/c1-17-20(27)9-10-21-22(17)28-24(34-21)30(12-4-11-29-13-15-32-16-14-29)23(31)25(2,3)33-19-7-5-18(26)6-8-19/h5-10H,4,11-16H2,1-3H3. The number of fused-ring (bicyclic) bond motifs is 1. The number of rotatable bonds is 8. The van der Waals surface area contributed by atoms with Gasteiger partial charge in [-0.05, 0) is 69.2 Å². The van der Waals surface area contributed by atoms with E-state index in [1.807, 2.05) is 19.1 Å². The van der Waals surface area contributed by atoms with E-state index in [0.29, 0.717) is 27.5 Å². The fraction of sp³-hybridized carbons (Fsp3) is 0.440. The SMILES string of the molecule is Cc1c(Cl)ccc2sc(N(CCCN3CCOCC3)C(=O)C(C)(C)Oc3ccc(Cl)cc3)nc12. The van der Waals surface area contributed by atoms with E-state index >= 15 is 0 Å². The van der Waals surface area contributed by atoms with Gasteiger partial charge >= 0.3 is 0 Å². The van der Waals surface area contributed by atoms with Crippen LogP contribution < -0.4 is 9.64 Å². The van der Waals surface area contributed by atoms with Crippen LogP contribution in [0.1, 0.15) is 25.8 Å². The molecule has 1 aliphatic heterocycles. The van der Waals surface area contributed by atoms with Crippen LogP contribution in [0.15, 0.2) is 36.4 Å². The molecular formula is C25H29Cl2N3O3S. The number of anilines is 1. The van der Waals surface area contributed by atoms with Gasteiger partial charge in [0.2, 0.25) is 0 Å². The molecule has 9 heteroatoms. The lowest BCUT2D eigenvalue weighted by molar-refractivity contribution is -0.131. The summed E-state index contributed by atoms with van der Waals surface area (Å²) in [5, 5.41) is 1.94. The molecule has 2 aromatic carbocycles. The number of halogens is 2. The van der Waals surface area contributed by atoms with E-state index in [2.05, 4.69) is 4.90 Å². The van der Waals surface area contributed by atoms with Crippen molar-refractivity contribution in [2.45, 2.75) is 32.8 Å². The fourth-order valence-electron chi connectivity index (χ4n) is 3.93. The summed E-state index contributed by atoms with van der Waals surface area (Å²) in [7, 11) is 0. The van der Waals surface area contributed by atoms with Gasteiger partial charge in [0.25, 0.3) is 5.91 Å². The average Bonchev–Trinajstić information content (AvgIpc) is 3.26. The first kappa shape index (κ1) is 25.2. The summed E-state index contributed by atoms with van der Waals surface area (Å²) in [6.07, 6.45) is 0.818. The number of thiazole rings is 1. The normalized spacial score (nSPS) is 15.0. The molecule has 0 unspecified atom stereocenters. The summed E-state index contributed by atoms with van der Waals surface area (Å²) >= 11 is 13.8. The monoisotopic (exact) mass is 521 g/mol. The molecule has 1 saturated heterocycles. The summed E-state index contributed by atoms with van der Waals surface area (Å²) in [5.41, 5.74) is 0.645. The van der Waals surface area contributed by atoms with E-state index in [1.165, 1.54) is 11.3 Å². The summed E-state index contributed by atoms with van der Waals surface area (Å²) in [5.74, 6) is 0.440. The molecule has 0 bridgehead atoms. The van der Waals surface area contributed by atoms with Crippen molar-refractivity contribution in [3.63, 3.8) is 0 Å². The van der Waals surface area contributed by atoms with Crippen LogP contribution in [-0.2, 0) is 9.53 Å². The van der Waals surface area contributed by atoms with Crippen LogP contribution in [0, 0.1) is 6.92 Å². The molecule has 0 N–H and O–H groups in total. The molecule has 4 rings (SSSR count). The minimum Gasteiger partial charge on any atom is -0.478 e. The first-order chi connectivity index (χ1) is 16.2. The molecule has 2 heterocycles. The number of aryl methyl sites for hydroxylation is 1. The molecule has 0 radical (unpaired) electrons. The molecule has 0 aliphatic carbocycles. The van der Waals surface area contributed by atoms with Gasteiger partial charge in [0.05, 0.1) is 23.4 Å². The lowest BCUT2D eigenvalue weighted by Crippen LogP contribution is -2.50. The van der Waals surface area contributed by atoms with Crippen molar-refractivity contribution in [3.05, 3.63) is 52.0 Å². The maximum atomic E-state index is 13.8. The fourth-order valence-corrected chi connectivity index (χ4v) is 5.26. The van der Waals surface area contributed by atoms with Gasteiger partial charge in [-0.2, -0.15) is 0 Å². The van der Waals surface area contributed by atoms with Gasteiger partial charge in [0, 0.05) is 36.2 Å². The van der Waals surface area contributed by atoms with Crippen molar-refractivity contribution in [1.82, 2.24) is 9.88 Å². The van der Waals surface area contributed by atoms with E-state index in [4.69, 9.17) is 37.7 Å². The van der Waals surface area contributed by atoms with Crippen molar-refractivity contribution in [1.29, 1.82) is 0 Å². The highest BCUT2D eigenvalue weighted by Gasteiger charge is 2.36. The Balaban J connectivity index is 1.58. The molecule has 1 aromatic heterocycles. The van der Waals surface area contributed by atoms with Crippen molar-refractivity contribution in [3.8, 4) is 5.75 Å². The Labute approximate surface area is 214 Å². The minimum atomic E-state index is -1.10. The lowest BCUT2D eigenvalue weighted by Gasteiger charge is -2.32.